The van der Waals surface area contributed by atoms with Gasteiger partial charge in [0.2, 0.25) is 5.13 Å². The van der Waals surface area contributed by atoms with E-state index >= 15 is 0 Å². The summed E-state index contributed by atoms with van der Waals surface area (Å²) in [4.78, 5) is 11.0. The summed E-state index contributed by atoms with van der Waals surface area (Å²) in [6.45, 7) is 0. The lowest BCUT2D eigenvalue weighted by Gasteiger charge is -2.00. The molecule has 3 rings (SSSR count). The molecule has 0 bridgehead atoms. The maximum Gasteiger partial charge on any atom is 0.283 e. The highest BCUT2D eigenvalue weighted by atomic mass is 32.2. The van der Waals surface area contributed by atoms with Gasteiger partial charge in [0, 0.05) is 12.1 Å². The summed E-state index contributed by atoms with van der Waals surface area (Å²) in [5, 5.41) is 31.9. The summed E-state index contributed by atoms with van der Waals surface area (Å²) >= 11 is 2.51. The third kappa shape index (κ3) is 3.29. The van der Waals surface area contributed by atoms with Gasteiger partial charge in [-0.25, -0.2) is 0 Å². The maximum absolute atomic E-state index is 11.0. The fraction of sp³-hybridized carbons (Fsp3) is 0.250. The number of hydrogen-bond acceptors (Lipinski definition) is 8. The van der Waals surface area contributed by atoms with Crippen molar-refractivity contribution in [1.82, 2.24) is 10.2 Å². The Morgan fingerprint density at radius 2 is 2.29 bits per heavy atom. The summed E-state index contributed by atoms with van der Waals surface area (Å²) in [5.74, 6) is 0. The van der Waals surface area contributed by atoms with Crippen LogP contribution in [0.15, 0.2) is 27.4 Å². The molecule has 106 valence electrons. The van der Waals surface area contributed by atoms with Crippen LogP contribution in [0, 0.1) is 21.4 Å². The molecule has 1 aliphatic carbocycles. The highest BCUT2D eigenvalue weighted by Gasteiger charge is 2.23. The van der Waals surface area contributed by atoms with Gasteiger partial charge in [-0.3, -0.25) is 10.1 Å². The third-order valence-electron chi connectivity index (χ3n) is 2.79. The van der Waals surface area contributed by atoms with Gasteiger partial charge in [0.05, 0.1) is 21.5 Å². The number of nitro groups is 1. The standard InChI is InChI=1S/C12H9N5O2S2/c13-6-7-1-4-9(17(18)19)10(5-7)20-12-16-15-11(21-12)14-8-2-3-8/h1,4-5,8H,2-3H2,(H,14,15). The summed E-state index contributed by atoms with van der Waals surface area (Å²) in [6.07, 6.45) is 2.27. The van der Waals surface area contributed by atoms with Crippen molar-refractivity contribution < 1.29 is 4.92 Å². The molecule has 21 heavy (non-hydrogen) atoms. The van der Waals surface area contributed by atoms with Crippen LogP contribution in [0.25, 0.3) is 0 Å². The number of nitro benzene ring substituents is 1. The van der Waals surface area contributed by atoms with Crippen molar-refractivity contribution in [3.63, 3.8) is 0 Å². The number of nitrogens with one attached hydrogen (secondary N) is 1. The van der Waals surface area contributed by atoms with Gasteiger partial charge >= 0.3 is 0 Å². The average Bonchev–Trinajstić information content (AvgIpc) is 3.17. The van der Waals surface area contributed by atoms with Crippen molar-refractivity contribution in [2.45, 2.75) is 28.1 Å². The summed E-state index contributed by atoms with van der Waals surface area (Å²) in [6, 6.07) is 6.73. The molecule has 1 aromatic carbocycles. The molecule has 2 aromatic rings. The van der Waals surface area contributed by atoms with Crippen LogP contribution < -0.4 is 5.32 Å². The Morgan fingerprint density at radius 3 is 2.95 bits per heavy atom. The lowest BCUT2D eigenvalue weighted by atomic mass is 10.2. The zero-order chi connectivity index (χ0) is 14.8. The molecule has 1 saturated carbocycles. The Morgan fingerprint density at radius 1 is 1.48 bits per heavy atom. The van der Waals surface area contributed by atoms with Gasteiger partial charge in [0.25, 0.3) is 5.69 Å². The SMILES string of the molecule is N#Cc1ccc([N+](=O)[O-])c(Sc2nnc(NC3CC3)s2)c1. The van der Waals surface area contributed by atoms with E-state index in [1.54, 1.807) is 0 Å². The molecule has 7 nitrogen and oxygen atoms in total. The first kappa shape index (κ1) is 13.8. The lowest BCUT2D eigenvalue weighted by Crippen LogP contribution is -1.99. The van der Waals surface area contributed by atoms with Crippen molar-refractivity contribution in [1.29, 1.82) is 5.26 Å². The number of benzene rings is 1. The Labute approximate surface area is 128 Å². The Hall–Kier alpha value is -2.18. The van der Waals surface area contributed by atoms with E-state index in [2.05, 4.69) is 15.5 Å². The van der Waals surface area contributed by atoms with Gasteiger partial charge in [-0.1, -0.05) is 11.3 Å². The minimum absolute atomic E-state index is 0.0362. The predicted molar refractivity (Wildman–Crippen MR) is 78.5 cm³/mol. The average molecular weight is 319 g/mol. The largest absolute Gasteiger partial charge is 0.357 e. The normalized spacial score (nSPS) is 13.7. The Kier molecular flexibility index (Phi) is 3.72. The first-order chi connectivity index (χ1) is 10.2. The molecule has 1 aromatic heterocycles. The Balaban J connectivity index is 1.83. The van der Waals surface area contributed by atoms with Crippen LogP contribution in [-0.2, 0) is 0 Å². The number of nitriles is 1. The monoisotopic (exact) mass is 319 g/mol. The van der Waals surface area contributed by atoms with Gasteiger partial charge < -0.3 is 5.32 Å². The number of nitrogens with zero attached hydrogens (tertiary/aromatic N) is 4. The van der Waals surface area contributed by atoms with Gasteiger partial charge in [-0.2, -0.15) is 5.26 Å². The quantitative estimate of drug-likeness (QED) is 0.667. The molecule has 0 amide bonds. The van der Waals surface area contributed by atoms with Crippen LogP contribution >= 0.6 is 23.1 Å². The van der Waals surface area contributed by atoms with Gasteiger partial charge in [0.15, 0.2) is 4.34 Å². The fourth-order valence-corrected chi connectivity index (χ4v) is 3.55. The molecular weight excluding hydrogens is 310 g/mol. The molecule has 9 heteroatoms. The number of anilines is 1. The molecule has 0 atom stereocenters. The molecule has 0 unspecified atom stereocenters. The molecule has 1 aliphatic rings. The van der Waals surface area contributed by atoms with Gasteiger partial charge in [0.1, 0.15) is 0 Å². The highest BCUT2D eigenvalue weighted by molar-refractivity contribution is 8.01. The van der Waals surface area contributed by atoms with E-state index < -0.39 is 4.92 Å². The molecule has 0 aliphatic heterocycles. The van der Waals surface area contributed by atoms with Crippen LogP contribution in [0.1, 0.15) is 18.4 Å². The molecule has 1 heterocycles. The molecule has 0 saturated heterocycles. The first-order valence-corrected chi connectivity index (χ1v) is 7.75. The molecule has 1 fully saturated rings. The van der Waals surface area contributed by atoms with Crippen molar-refractivity contribution in [2.75, 3.05) is 5.32 Å². The van der Waals surface area contributed by atoms with E-state index in [0.29, 0.717) is 20.8 Å². The van der Waals surface area contributed by atoms with E-state index in [1.165, 1.54) is 29.5 Å². The number of hydrogen-bond donors (Lipinski definition) is 1. The molecule has 1 N–H and O–H groups in total. The molecule has 0 spiro atoms. The van der Waals surface area contributed by atoms with Crippen LogP contribution in [0.4, 0.5) is 10.8 Å². The van der Waals surface area contributed by atoms with Gasteiger partial charge in [-0.05, 0) is 36.7 Å². The van der Waals surface area contributed by atoms with Crippen LogP contribution in [0.3, 0.4) is 0 Å². The fourth-order valence-electron chi connectivity index (χ4n) is 1.62. The zero-order valence-corrected chi connectivity index (χ0v) is 12.3. The van der Waals surface area contributed by atoms with Crippen LogP contribution in [-0.4, -0.2) is 21.2 Å². The lowest BCUT2D eigenvalue weighted by molar-refractivity contribution is -0.387. The van der Waals surface area contributed by atoms with E-state index in [0.717, 1.165) is 29.7 Å². The minimum Gasteiger partial charge on any atom is -0.357 e. The van der Waals surface area contributed by atoms with E-state index in [-0.39, 0.29) is 5.69 Å². The number of rotatable bonds is 5. The highest BCUT2D eigenvalue weighted by Crippen LogP contribution is 2.38. The topological polar surface area (TPSA) is 105 Å². The smallest absolute Gasteiger partial charge is 0.283 e. The summed E-state index contributed by atoms with van der Waals surface area (Å²) in [7, 11) is 0. The second-order valence-corrected chi connectivity index (χ2v) is 6.71. The minimum atomic E-state index is -0.464. The maximum atomic E-state index is 11.0. The van der Waals surface area contributed by atoms with E-state index in [4.69, 9.17) is 5.26 Å². The molecular formula is C12H9N5O2S2. The number of aromatic nitrogens is 2. The summed E-state index contributed by atoms with van der Waals surface area (Å²) < 4.78 is 0.608. The second kappa shape index (κ2) is 5.67. The molecule has 0 radical (unpaired) electrons. The summed E-state index contributed by atoms with van der Waals surface area (Å²) in [5.41, 5.74) is 0.342. The van der Waals surface area contributed by atoms with E-state index in [9.17, 15) is 10.1 Å². The van der Waals surface area contributed by atoms with Crippen LogP contribution in [0.5, 0.6) is 0 Å². The first-order valence-electron chi connectivity index (χ1n) is 6.12. The van der Waals surface area contributed by atoms with E-state index in [1.807, 2.05) is 6.07 Å². The Bertz CT molecular complexity index is 735. The zero-order valence-electron chi connectivity index (χ0n) is 10.6. The van der Waals surface area contributed by atoms with Crippen molar-refractivity contribution in [3.8, 4) is 6.07 Å². The second-order valence-electron chi connectivity index (χ2n) is 4.45. The third-order valence-corrected chi connectivity index (χ3v) is 4.75. The van der Waals surface area contributed by atoms with Crippen molar-refractivity contribution in [2.24, 2.45) is 0 Å². The predicted octanol–water partition coefficient (Wildman–Crippen LogP) is 3.04. The van der Waals surface area contributed by atoms with Crippen molar-refractivity contribution >= 4 is 33.9 Å². The van der Waals surface area contributed by atoms with Crippen LogP contribution in [0.2, 0.25) is 0 Å². The van der Waals surface area contributed by atoms with Gasteiger partial charge in [-0.15, -0.1) is 10.2 Å². The van der Waals surface area contributed by atoms with Crippen molar-refractivity contribution in [3.05, 3.63) is 33.9 Å².